The monoisotopic (exact) mass is 235 g/mol. The van der Waals surface area contributed by atoms with Crippen LogP contribution in [0.3, 0.4) is 0 Å². The van der Waals surface area contributed by atoms with Gasteiger partial charge in [0.05, 0.1) is 19.9 Å². The Balaban J connectivity index is 2.12. The van der Waals surface area contributed by atoms with Gasteiger partial charge in [0.1, 0.15) is 24.4 Å². The van der Waals surface area contributed by atoms with Crippen LogP contribution in [0.4, 0.5) is 0 Å². The number of rotatable bonds is 5. The minimum Gasteiger partial charge on any atom is -0.497 e. The molecular weight excluding hydrogens is 222 g/mol. The van der Waals surface area contributed by atoms with E-state index >= 15 is 0 Å². The van der Waals surface area contributed by atoms with E-state index in [-0.39, 0.29) is 6.61 Å². The van der Waals surface area contributed by atoms with Crippen LogP contribution in [-0.4, -0.2) is 17.4 Å². The molecular formula is C12H13NO4. The summed E-state index contributed by atoms with van der Waals surface area (Å²) in [5.41, 5.74) is 1.54. The molecule has 1 aromatic heterocycles. The normalized spacial score (nSPS) is 10.2. The van der Waals surface area contributed by atoms with Gasteiger partial charge in [0.2, 0.25) is 0 Å². The van der Waals surface area contributed by atoms with Gasteiger partial charge in [-0.15, -0.1) is 0 Å². The highest BCUT2D eigenvalue weighted by Crippen LogP contribution is 2.25. The number of hydrogen-bond acceptors (Lipinski definition) is 5. The molecule has 0 saturated heterocycles. The molecule has 1 N–H and O–H groups in total. The zero-order valence-corrected chi connectivity index (χ0v) is 9.42. The molecule has 0 radical (unpaired) electrons. The van der Waals surface area contributed by atoms with E-state index in [4.69, 9.17) is 14.0 Å². The van der Waals surface area contributed by atoms with Gasteiger partial charge >= 0.3 is 0 Å². The fraction of sp³-hybridized carbons (Fsp3) is 0.250. The van der Waals surface area contributed by atoms with E-state index in [1.807, 2.05) is 0 Å². The van der Waals surface area contributed by atoms with Crippen molar-refractivity contribution >= 4 is 0 Å². The van der Waals surface area contributed by atoms with Crippen LogP contribution in [0.1, 0.15) is 11.1 Å². The van der Waals surface area contributed by atoms with Crippen LogP contribution < -0.4 is 9.47 Å². The Morgan fingerprint density at radius 2 is 2.29 bits per heavy atom. The fourth-order valence-electron chi connectivity index (χ4n) is 1.39. The van der Waals surface area contributed by atoms with Gasteiger partial charge in [-0.3, -0.25) is 0 Å². The van der Waals surface area contributed by atoms with Crippen LogP contribution in [0, 0.1) is 0 Å². The largest absolute Gasteiger partial charge is 0.497 e. The van der Waals surface area contributed by atoms with E-state index in [1.54, 1.807) is 31.5 Å². The van der Waals surface area contributed by atoms with Crippen LogP contribution in [0.2, 0.25) is 0 Å². The van der Waals surface area contributed by atoms with E-state index in [2.05, 4.69) is 5.16 Å². The summed E-state index contributed by atoms with van der Waals surface area (Å²) < 4.78 is 15.4. The predicted molar refractivity (Wildman–Crippen MR) is 59.8 cm³/mol. The van der Waals surface area contributed by atoms with Gasteiger partial charge < -0.3 is 19.1 Å². The Morgan fingerprint density at radius 3 is 2.94 bits per heavy atom. The van der Waals surface area contributed by atoms with E-state index < -0.39 is 0 Å². The fourth-order valence-corrected chi connectivity index (χ4v) is 1.39. The molecule has 5 nitrogen and oxygen atoms in total. The van der Waals surface area contributed by atoms with Crippen LogP contribution in [-0.2, 0) is 13.2 Å². The average Bonchev–Trinajstić information content (AvgIpc) is 2.89. The lowest BCUT2D eigenvalue weighted by Gasteiger charge is -2.10. The molecule has 1 aromatic carbocycles. The first kappa shape index (κ1) is 11.5. The van der Waals surface area contributed by atoms with Crippen molar-refractivity contribution in [2.45, 2.75) is 13.2 Å². The van der Waals surface area contributed by atoms with Crippen molar-refractivity contribution in [1.29, 1.82) is 0 Å². The van der Waals surface area contributed by atoms with Gasteiger partial charge in [-0.25, -0.2) is 0 Å². The minimum atomic E-state index is -0.0804. The van der Waals surface area contributed by atoms with Crippen LogP contribution in [0.15, 0.2) is 35.2 Å². The third kappa shape index (κ3) is 2.76. The Bertz CT molecular complexity index is 467. The minimum absolute atomic E-state index is 0.0804. The maximum atomic E-state index is 9.19. The van der Waals surface area contributed by atoms with Crippen molar-refractivity contribution in [2.75, 3.05) is 7.11 Å². The molecule has 0 saturated carbocycles. The number of methoxy groups -OCH3 is 1. The van der Waals surface area contributed by atoms with Crippen LogP contribution in [0.5, 0.6) is 11.5 Å². The Labute approximate surface area is 98.6 Å². The smallest absolute Gasteiger partial charge is 0.130 e. The Hall–Kier alpha value is -2.01. The van der Waals surface area contributed by atoms with Gasteiger partial charge in [-0.1, -0.05) is 5.16 Å². The van der Waals surface area contributed by atoms with Crippen molar-refractivity contribution < 1.29 is 19.1 Å². The quantitative estimate of drug-likeness (QED) is 0.855. The third-order valence-electron chi connectivity index (χ3n) is 2.32. The summed E-state index contributed by atoms with van der Waals surface area (Å²) >= 11 is 0. The highest BCUT2D eigenvalue weighted by molar-refractivity contribution is 5.40. The molecule has 17 heavy (non-hydrogen) atoms. The summed E-state index contributed by atoms with van der Waals surface area (Å²) in [5.74, 6) is 1.27. The zero-order chi connectivity index (χ0) is 12.1. The lowest BCUT2D eigenvalue weighted by atomic mass is 10.2. The van der Waals surface area contributed by atoms with E-state index in [0.29, 0.717) is 23.7 Å². The van der Waals surface area contributed by atoms with Crippen LogP contribution in [0.25, 0.3) is 0 Å². The molecule has 0 aliphatic heterocycles. The maximum Gasteiger partial charge on any atom is 0.130 e. The van der Waals surface area contributed by atoms with E-state index in [0.717, 1.165) is 5.56 Å². The average molecular weight is 235 g/mol. The van der Waals surface area contributed by atoms with Gasteiger partial charge in [-0.05, 0) is 12.1 Å². The number of hydrogen-bond donors (Lipinski definition) is 1. The highest BCUT2D eigenvalue weighted by atomic mass is 16.5. The molecule has 5 heteroatoms. The molecule has 0 spiro atoms. The third-order valence-corrected chi connectivity index (χ3v) is 2.32. The molecule has 0 bridgehead atoms. The molecule has 1 heterocycles. The summed E-state index contributed by atoms with van der Waals surface area (Å²) in [6.45, 7) is 0.257. The molecule has 90 valence electrons. The second-order valence-electron chi connectivity index (χ2n) is 3.45. The van der Waals surface area contributed by atoms with E-state index in [9.17, 15) is 5.11 Å². The number of aliphatic hydroxyl groups is 1. The second kappa shape index (κ2) is 5.36. The van der Waals surface area contributed by atoms with Crippen molar-refractivity contribution in [3.05, 3.63) is 41.8 Å². The summed E-state index contributed by atoms with van der Waals surface area (Å²) in [6, 6.07) is 5.28. The molecule has 0 amide bonds. The SMILES string of the molecule is COc1ccc(CO)c(OCc2cnoc2)c1. The van der Waals surface area contributed by atoms with Crippen LogP contribution >= 0.6 is 0 Å². The maximum absolute atomic E-state index is 9.19. The molecule has 0 atom stereocenters. The number of ether oxygens (including phenoxy) is 2. The topological polar surface area (TPSA) is 64.7 Å². The molecule has 0 aliphatic rings. The first-order valence-electron chi connectivity index (χ1n) is 5.12. The zero-order valence-electron chi connectivity index (χ0n) is 9.42. The summed E-state index contributed by atoms with van der Waals surface area (Å²) in [7, 11) is 1.58. The van der Waals surface area contributed by atoms with Gasteiger partial charge in [0.25, 0.3) is 0 Å². The lowest BCUT2D eigenvalue weighted by Crippen LogP contribution is -1.98. The number of aromatic nitrogens is 1. The molecule has 0 fully saturated rings. The number of aliphatic hydroxyl groups excluding tert-OH is 1. The standard InChI is InChI=1S/C12H13NO4/c1-15-11-3-2-10(6-14)12(4-11)16-7-9-5-13-17-8-9/h2-5,8,14H,6-7H2,1H3. The molecule has 2 rings (SSSR count). The number of benzene rings is 1. The van der Waals surface area contributed by atoms with Gasteiger partial charge in [0.15, 0.2) is 0 Å². The summed E-state index contributed by atoms with van der Waals surface area (Å²) in [6.07, 6.45) is 3.09. The van der Waals surface area contributed by atoms with Gasteiger partial charge in [-0.2, -0.15) is 0 Å². The van der Waals surface area contributed by atoms with E-state index in [1.165, 1.54) is 6.26 Å². The molecule has 2 aromatic rings. The first-order chi connectivity index (χ1) is 8.33. The Kier molecular flexibility index (Phi) is 3.62. The van der Waals surface area contributed by atoms with Crippen molar-refractivity contribution in [3.8, 4) is 11.5 Å². The molecule has 0 unspecified atom stereocenters. The molecule has 0 aliphatic carbocycles. The second-order valence-corrected chi connectivity index (χ2v) is 3.45. The predicted octanol–water partition coefficient (Wildman–Crippen LogP) is 1.75. The first-order valence-corrected chi connectivity index (χ1v) is 5.12. The Morgan fingerprint density at radius 1 is 1.41 bits per heavy atom. The van der Waals surface area contributed by atoms with Crippen molar-refractivity contribution in [3.63, 3.8) is 0 Å². The summed E-state index contributed by atoms with van der Waals surface area (Å²) in [5, 5.41) is 12.8. The summed E-state index contributed by atoms with van der Waals surface area (Å²) in [4.78, 5) is 0. The van der Waals surface area contributed by atoms with Gasteiger partial charge in [0, 0.05) is 17.2 Å². The number of nitrogens with zero attached hydrogens (tertiary/aromatic N) is 1. The lowest BCUT2D eigenvalue weighted by molar-refractivity contribution is 0.257. The highest BCUT2D eigenvalue weighted by Gasteiger charge is 2.06. The van der Waals surface area contributed by atoms with Crippen molar-refractivity contribution in [1.82, 2.24) is 5.16 Å². The van der Waals surface area contributed by atoms with Crippen molar-refractivity contribution in [2.24, 2.45) is 0 Å².